The number of nitrogens with zero attached hydrogens (tertiary/aromatic N) is 4. The highest BCUT2D eigenvalue weighted by Gasteiger charge is 2.25. The van der Waals surface area contributed by atoms with Gasteiger partial charge in [0, 0.05) is 17.3 Å². The van der Waals surface area contributed by atoms with Crippen molar-refractivity contribution < 1.29 is 4.79 Å². The second-order valence-corrected chi connectivity index (χ2v) is 10.5. The van der Waals surface area contributed by atoms with Crippen LogP contribution in [0.1, 0.15) is 35.8 Å². The molecule has 0 saturated heterocycles. The minimum Gasteiger partial charge on any atom is -0.294 e. The summed E-state index contributed by atoms with van der Waals surface area (Å²) in [5, 5.41) is 3.45. The third-order valence-corrected chi connectivity index (χ3v) is 7.94. The summed E-state index contributed by atoms with van der Waals surface area (Å²) in [5.41, 5.74) is 2.95. The van der Waals surface area contributed by atoms with Crippen molar-refractivity contribution in [3.63, 3.8) is 0 Å². The zero-order valence-corrected chi connectivity index (χ0v) is 20.0. The van der Waals surface area contributed by atoms with Crippen molar-refractivity contribution in [3.05, 3.63) is 69.1 Å². The second kappa shape index (κ2) is 9.07. The highest BCUT2D eigenvalue weighted by molar-refractivity contribution is 8.00. The van der Waals surface area contributed by atoms with E-state index in [1.165, 1.54) is 16.6 Å². The smallest absolute Gasteiger partial charge is 0.267 e. The van der Waals surface area contributed by atoms with Gasteiger partial charge in [0.15, 0.2) is 5.16 Å². The number of thioether (sulfide) groups is 1. The van der Waals surface area contributed by atoms with Crippen LogP contribution in [-0.2, 0) is 17.6 Å². The number of hydrogen-bond acceptors (Lipinski definition) is 7. The summed E-state index contributed by atoms with van der Waals surface area (Å²) in [6.07, 6.45) is 7.30. The Hall–Kier alpha value is -3.04. The van der Waals surface area contributed by atoms with Crippen LogP contribution in [-0.4, -0.2) is 30.7 Å². The van der Waals surface area contributed by atoms with Gasteiger partial charge in [-0.15, -0.1) is 11.3 Å². The van der Waals surface area contributed by atoms with Crippen LogP contribution in [0.25, 0.3) is 15.9 Å². The molecule has 1 aromatic carbocycles. The Labute approximate surface area is 199 Å². The molecule has 1 amide bonds. The monoisotopic (exact) mass is 477 g/mol. The summed E-state index contributed by atoms with van der Waals surface area (Å²) < 4.78 is 1.65. The van der Waals surface area contributed by atoms with Crippen molar-refractivity contribution in [2.45, 2.75) is 49.9 Å². The van der Waals surface area contributed by atoms with Gasteiger partial charge in [-0.1, -0.05) is 29.5 Å². The van der Waals surface area contributed by atoms with E-state index in [2.05, 4.69) is 15.3 Å². The molecule has 1 aliphatic carbocycles. The maximum Gasteiger partial charge on any atom is 0.267 e. The van der Waals surface area contributed by atoms with Crippen LogP contribution in [0, 0.1) is 6.92 Å². The number of aromatic nitrogens is 4. The number of aryl methyl sites for hydroxylation is 3. The van der Waals surface area contributed by atoms with E-state index in [1.54, 1.807) is 41.3 Å². The molecule has 5 rings (SSSR count). The van der Waals surface area contributed by atoms with E-state index < -0.39 is 5.25 Å². The molecule has 1 atom stereocenters. The third kappa shape index (κ3) is 4.30. The molecule has 3 aromatic heterocycles. The number of rotatable bonds is 5. The average Bonchev–Trinajstić information content (AvgIpc) is 3.19. The van der Waals surface area contributed by atoms with Gasteiger partial charge >= 0.3 is 0 Å². The zero-order chi connectivity index (χ0) is 22.9. The first-order chi connectivity index (χ1) is 16.0. The van der Waals surface area contributed by atoms with Gasteiger partial charge in [-0.3, -0.25) is 19.5 Å². The van der Waals surface area contributed by atoms with Crippen molar-refractivity contribution in [1.82, 2.24) is 19.5 Å². The molecule has 9 heteroatoms. The van der Waals surface area contributed by atoms with Crippen molar-refractivity contribution in [2.24, 2.45) is 0 Å². The van der Waals surface area contributed by atoms with Gasteiger partial charge in [-0.2, -0.15) is 0 Å². The first-order valence-corrected chi connectivity index (χ1v) is 12.6. The number of nitrogens with one attached hydrogen (secondary N) is 1. The zero-order valence-electron chi connectivity index (χ0n) is 18.4. The molecule has 0 fully saturated rings. The topological polar surface area (TPSA) is 89.8 Å². The van der Waals surface area contributed by atoms with Crippen molar-refractivity contribution in [1.29, 1.82) is 0 Å². The minimum absolute atomic E-state index is 0.0650. The Morgan fingerprint density at radius 2 is 1.88 bits per heavy atom. The van der Waals surface area contributed by atoms with E-state index in [9.17, 15) is 9.59 Å². The second-order valence-electron chi connectivity index (χ2n) is 8.08. The first-order valence-electron chi connectivity index (χ1n) is 10.9. The van der Waals surface area contributed by atoms with E-state index in [0.29, 0.717) is 5.16 Å². The van der Waals surface area contributed by atoms with Gasteiger partial charge in [0.1, 0.15) is 4.83 Å². The Bertz CT molecular complexity index is 1380. The standard InChI is InChI=1S/C24H23N5O2S2/c1-14-8-10-16(11-9-14)29-22(31)19-17-6-3-4-7-18(17)33-21(19)28-24(29)32-15(2)20(30)27-23-25-12-5-13-26-23/h5,8-13,15H,3-4,6-7H2,1-2H3,(H,25,26,27,30). The predicted octanol–water partition coefficient (Wildman–Crippen LogP) is 4.54. The molecule has 0 radical (unpaired) electrons. The van der Waals surface area contributed by atoms with Gasteiger partial charge < -0.3 is 0 Å². The fourth-order valence-electron chi connectivity index (χ4n) is 3.97. The van der Waals surface area contributed by atoms with E-state index in [1.807, 2.05) is 31.2 Å². The van der Waals surface area contributed by atoms with Crippen molar-refractivity contribution in [2.75, 3.05) is 5.32 Å². The Morgan fingerprint density at radius 1 is 1.15 bits per heavy atom. The molecule has 33 heavy (non-hydrogen) atoms. The van der Waals surface area contributed by atoms with Crippen LogP contribution in [0.5, 0.6) is 0 Å². The van der Waals surface area contributed by atoms with E-state index in [-0.39, 0.29) is 17.4 Å². The molecule has 0 bridgehead atoms. The molecule has 3 heterocycles. The lowest BCUT2D eigenvalue weighted by Gasteiger charge is -2.16. The predicted molar refractivity (Wildman–Crippen MR) is 133 cm³/mol. The third-order valence-electron chi connectivity index (χ3n) is 5.70. The van der Waals surface area contributed by atoms with Crippen LogP contribution >= 0.6 is 23.1 Å². The Kier molecular flexibility index (Phi) is 5.99. The molecule has 0 spiro atoms. The van der Waals surface area contributed by atoms with E-state index in [0.717, 1.165) is 52.7 Å². The Balaban J connectivity index is 1.58. The van der Waals surface area contributed by atoms with Gasteiger partial charge in [-0.05, 0) is 63.3 Å². The fourth-order valence-corrected chi connectivity index (χ4v) is 6.20. The maximum atomic E-state index is 13.8. The summed E-state index contributed by atoms with van der Waals surface area (Å²) >= 11 is 2.88. The molecule has 0 aliphatic heterocycles. The van der Waals surface area contributed by atoms with E-state index >= 15 is 0 Å². The molecule has 0 saturated carbocycles. The molecule has 7 nitrogen and oxygen atoms in total. The summed E-state index contributed by atoms with van der Waals surface area (Å²) in [6, 6.07) is 9.50. The highest BCUT2D eigenvalue weighted by Crippen LogP contribution is 2.35. The minimum atomic E-state index is -0.510. The molecule has 1 N–H and O–H groups in total. The van der Waals surface area contributed by atoms with Gasteiger partial charge in [-0.25, -0.2) is 15.0 Å². The van der Waals surface area contributed by atoms with Crippen molar-refractivity contribution >= 4 is 45.2 Å². The molecule has 1 aliphatic rings. The summed E-state index contributed by atoms with van der Waals surface area (Å²) in [6.45, 7) is 3.80. The van der Waals surface area contributed by atoms with Crippen LogP contribution in [0.15, 0.2) is 52.7 Å². The molecular weight excluding hydrogens is 454 g/mol. The number of hydrogen-bond donors (Lipinski definition) is 1. The highest BCUT2D eigenvalue weighted by atomic mass is 32.2. The number of benzene rings is 1. The number of amides is 1. The lowest BCUT2D eigenvalue weighted by atomic mass is 9.97. The van der Waals surface area contributed by atoms with E-state index in [4.69, 9.17) is 4.98 Å². The number of carbonyl (C=O) groups excluding carboxylic acids is 1. The number of thiophene rings is 1. The lowest BCUT2D eigenvalue weighted by molar-refractivity contribution is -0.115. The molecular formula is C24H23N5O2S2. The summed E-state index contributed by atoms with van der Waals surface area (Å²) in [4.78, 5) is 41.6. The summed E-state index contributed by atoms with van der Waals surface area (Å²) in [5.74, 6) is 0.00157. The number of carbonyl (C=O) groups is 1. The molecule has 168 valence electrons. The fraction of sp³-hybridized carbons (Fsp3) is 0.292. The van der Waals surface area contributed by atoms with Crippen LogP contribution < -0.4 is 10.9 Å². The lowest BCUT2D eigenvalue weighted by Crippen LogP contribution is -2.27. The maximum absolute atomic E-state index is 13.8. The largest absolute Gasteiger partial charge is 0.294 e. The van der Waals surface area contributed by atoms with Crippen LogP contribution in [0.2, 0.25) is 0 Å². The van der Waals surface area contributed by atoms with Gasteiger partial charge in [0.05, 0.1) is 16.3 Å². The average molecular weight is 478 g/mol. The number of fused-ring (bicyclic) bond motifs is 3. The first kappa shape index (κ1) is 21.8. The normalized spacial score (nSPS) is 14.1. The Morgan fingerprint density at radius 3 is 2.64 bits per heavy atom. The molecule has 4 aromatic rings. The molecule has 1 unspecified atom stereocenters. The van der Waals surface area contributed by atoms with Crippen LogP contribution in [0.3, 0.4) is 0 Å². The SMILES string of the molecule is Cc1ccc(-n2c(SC(C)C(=O)Nc3ncccn3)nc3sc4c(c3c2=O)CCCC4)cc1. The van der Waals surface area contributed by atoms with Crippen LogP contribution in [0.4, 0.5) is 5.95 Å². The quantitative estimate of drug-likeness (QED) is 0.335. The van der Waals surface area contributed by atoms with Crippen molar-refractivity contribution in [3.8, 4) is 5.69 Å². The number of anilines is 1. The summed E-state index contributed by atoms with van der Waals surface area (Å²) in [7, 11) is 0. The van der Waals surface area contributed by atoms with Gasteiger partial charge in [0.25, 0.3) is 5.56 Å². The van der Waals surface area contributed by atoms with Gasteiger partial charge in [0.2, 0.25) is 11.9 Å².